The van der Waals surface area contributed by atoms with Crippen molar-refractivity contribution in [3.8, 4) is 29.1 Å². The van der Waals surface area contributed by atoms with Gasteiger partial charge in [0.15, 0.2) is 11.5 Å². The number of nitrogens with zero attached hydrogens (tertiary/aromatic N) is 5. The summed E-state index contributed by atoms with van der Waals surface area (Å²) < 4.78 is 24.5. The molecule has 0 bridgehead atoms. The zero-order valence-corrected chi connectivity index (χ0v) is 45.8. The van der Waals surface area contributed by atoms with Crippen LogP contribution in [-0.2, 0) is 37.6 Å². The van der Waals surface area contributed by atoms with E-state index < -0.39 is 65.4 Å². The summed E-state index contributed by atoms with van der Waals surface area (Å²) in [6.07, 6.45) is -0.932. The Balaban J connectivity index is 1.05. The van der Waals surface area contributed by atoms with Gasteiger partial charge in [0.05, 0.1) is 42.9 Å². The van der Waals surface area contributed by atoms with Crippen LogP contribution in [0, 0.1) is 17.8 Å². The van der Waals surface area contributed by atoms with Gasteiger partial charge in [-0.2, -0.15) is 0 Å². The predicted octanol–water partition coefficient (Wildman–Crippen LogP) is 8.75. The van der Waals surface area contributed by atoms with Crippen molar-refractivity contribution in [2.45, 2.75) is 55.7 Å². The highest BCUT2D eigenvalue weighted by molar-refractivity contribution is 6.25. The summed E-state index contributed by atoms with van der Waals surface area (Å²) in [4.78, 5) is 74.7. The molecule has 7 aromatic rings. The number of rotatable bonds is 14. The molecule has 416 valence electrons. The lowest BCUT2D eigenvalue weighted by Crippen LogP contribution is -2.59. The Morgan fingerprint density at radius 3 is 2.16 bits per heavy atom. The summed E-state index contributed by atoms with van der Waals surface area (Å²) in [5.41, 5.74) is 4.04. The average molecular weight is 1100 g/mol. The number of cyclic esters (lactones) is 1. The number of hydrogen-bond acceptors (Lipinski definition) is 12. The minimum atomic E-state index is -2.05. The van der Waals surface area contributed by atoms with Crippen LogP contribution in [0.15, 0.2) is 182 Å². The number of benzene rings is 7. The predicted molar refractivity (Wildman–Crippen MR) is 308 cm³/mol. The second-order valence-electron chi connectivity index (χ2n) is 21.6. The molecular weight excluding hydrogens is 1030 g/mol. The standard InChI is InChI=1S/C67H64N6O9/c1-45(49-21-9-4-10-22-49)68-66(78)72-54-31-29-46(20-17-33-69(2)42-47-18-7-3-8-19-47)40-53(54)67(65(72)77)58(63(75)71-36-34-70(35-37-71)43-48-30-32-56-57(41-48)81-44-80-56)60-64(76)82-61(51-25-13-6-14-26-51)59(50-23-11-5-12-24-50)73(60)62(67)52-27-15-16-28-55(52)79-39-38-74/h3-16,18-19,21-32,40-41,45,58-62,74H,33-39,42-44H2,1-2H3,(H,68,78). The lowest BCUT2D eigenvalue weighted by Gasteiger charge is -2.46. The molecule has 0 aromatic heterocycles. The SMILES string of the molecule is CC(NC(=O)N1C(=O)C2(c3cc(C#CCN(C)Cc4ccccc4)ccc31)C(C(=O)N1CCN(Cc3ccc4c(c3)OCO4)CC1)C1C(=O)OC(c3ccccc3)C(c3ccccc3)N1C2c1ccccc1OCCO)c1ccccc1. The number of esters is 1. The first kappa shape index (κ1) is 53.8. The second kappa shape index (κ2) is 23.4. The van der Waals surface area contributed by atoms with Gasteiger partial charge >= 0.3 is 12.0 Å². The normalized spacial score (nSPS) is 22.3. The third kappa shape index (κ3) is 10.1. The molecule has 15 nitrogen and oxygen atoms in total. The first-order valence-corrected chi connectivity index (χ1v) is 28.0. The van der Waals surface area contributed by atoms with Gasteiger partial charge in [0.1, 0.15) is 29.9 Å². The van der Waals surface area contributed by atoms with Gasteiger partial charge in [-0.25, -0.2) is 9.69 Å². The van der Waals surface area contributed by atoms with Crippen LogP contribution in [0.2, 0.25) is 0 Å². The summed E-state index contributed by atoms with van der Waals surface area (Å²) in [6, 6.07) is 52.7. The van der Waals surface area contributed by atoms with Gasteiger partial charge in [-0.3, -0.25) is 29.1 Å². The number of urea groups is 1. The molecule has 0 saturated carbocycles. The molecule has 4 amide bonds. The lowest BCUT2D eigenvalue weighted by atomic mass is 9.64. The van der Waals surface area contributed by atoms with E-state index in [-0.39, 0.29) is 38.8 Å². The highest BCUT2D eigenvalue weighted by atomic mass is 16.7. The van der Waals surface area contributed by atoms with Crippen LogP contribution in [0.25, 0.3) is 0 Å². The number of piperazine rings is 1. The summed E-state index contributed by atoms with van der Waals surface area (Å²) >= 11 is 0. The number of aliphatic hydroxyl groups excluding tert-OH is 1. The molecule has 12 rings (SSSR count). The van der Waals surface area contributed by atoms with Gasteiger partial charge in [-0.1, -0.05) is 157 Å². The van der Waals surface area contributed by atoms with Crippen LogP contribution in [0.5, 0.6) is 17.2 Å². The number of nitrogens with one attached hydrogen (secondary N) is 1. The third-order valence-corrected chi connectivity index (χ3v) is 16.5. The van der Waals surface area contributed by atoms with E-state index in [0.29, 0.717) is 72.2 Å². The Kier molecular flexibility index (Phi) is 15.3. The maximum Gasteiger partial charge on any atom is 0.329 e. The van der Waals surface area contributed by atoms with Crippen molar-refractivity contribution in [1.29, 1.82) is 0 Å². The molecule has 5 aliphatic heterocycles. The molecule has 15 heteroatoms. The molecule has 5 heterocycles. The van der Waals surface area contributed by atoms with Crippen molar-refractivity contribution in [2.75, 3.05) is 64.7 Å². The fourth-order valence-electron chi connectivity index (χ4n) is 12.9. The van der Waals surface area contributed by atoms with Gasteiger partial charge in [-0.15, -0.1) is 0 Å². The summed E-state index contributed by atoms with van der Waals surface area (Å²) in [6.45, 7) is 4.79. The number of anilines is 1. The number of amides is 4. The molecule has 7 atom stereocenters. The van der Waals surface area contributed by atoms with Crippen LogP contribution in [-0.4, -0.2) is 114 Å². The van der Waals surface area contributed by atoms with Crippen molar-refractivity contribution >= 4 is 29.5 Å². The van der Waals surface area contributed by atoms with Crippen LogP contribution in [0.4, 0.5) is 10.5 Å². The molecule has 82 heavy (non-hydrogen) atoms. The number of hydrogen-bond donors (Lipinski definition) is 2. The molecule has 0 aliphatic carbocycles. The lowest BCUT2D eigenvalue weighted by molar-refractivity contribution is -0.179. The fourth-order valence-corrected chi connectivity index (χ4v) is 12.9. The van der Waals surface area contributed by atoms with E-state index in [1.165, 1.54) is 4.90 Å². The largest absolute Gasteiger partial charge is 0.491 e. The average Bonchev–Trinajstić information content (AvgIpc) is 3.54. The van der Waals surface area contributed by atoms with Crippen LogP contribution in [0.3, 0.4) is 0 Å². The molecule has 2 N–H and O–H groups in total. The number of carbonyl (C=O) groups excluding carboxylic acids is 4. The van der Waals surface area contributed by atoms with Crippen LogP contribution >= 0.6 is 0 Å². The number of carbonyl (C=O) groups is 4. The molecule has 7 aromatic carbocycles. The molecule has 0 radical (unpaired) electrons. The topological polar surface area (TPSA) is 154 Å². The molecular formula is C67H64N6O9. The van der Waals surface area contributed by atoms with Crippen molar-refractivity contribution in [1.82, 2.24) is 24.9 Å². The molecule has 7 unspecified atom stereocenters. The second-order valence-corrected chi connectivity index (χ2v) is 21.6. The number of ether oxygens (including phenoxy) is 4. The van der Waals surface area contributed by atoms with Crippen LogP contribution in [0.1, 0.15) is 75.7 Å². The zero-order valence-electron chi connectivity index (χ0n) is 45.8. The molecule has 1 spiro atoms. The van der Waals surface area contributed by atoms with E-state index in [1.54, 1.807) is 23.1 Å². The number of aliphatic hydroxyl groups is 1. The molecule has 3 fully saturated rings. The Morgan fingerprint density at radius 2 is 1.43 bits per heavy atom. The molecule has 5 aliphatic rings. The van der Waals surface area contributed by atoms with Crippen molar-refractivity contribution in [2.24, 2.45) is 5.92 Å². The Labute approximate surface area is 477 Å². The van der Waals surface area contributed by atoms with E-state index in [2.05, 4.69) is 39.1 Å². The van der Waals surface area contributed by atoms with E-state index in [9.17, 15) is 5.11 Å². The quantitative estimate of drug-likeness (QED) is 0.0791. The zero-order chi connectivity index (χ0) is 56.3. The minimum absolute atomic E-state index is 0.0925. The van der Waals surface area contributed by atoms with E-state index in [1.807, 2.05) is 171 Å². The van der Waals surface area contributed by atoms with Crippen molar-refractivity contribution in [3.05, 3.63) is 226 Å². The Morgan fingerprint density at radius 1 is 0.756 bits per heavy atom. The molecule has 3 saturated heterocycles. The van der Waals surface area contributed by atoms with Gasteiger partial charge in [0.25, 0.3) is 0 Å². The highest BCUT2D eigenvalue weighted by Crippen LogP contribution is 2.67. The number of morpholine rings is 1. The highest BCUT2D eigenvalue weighted by Gasteiger charge is 2.76. The summed E-state index contributed by atoms with van der Waals surface area (Å²) in [7, 11) is 2.00. The van der Waals surface area contributed by atoms with Gasteiger partial charge in [0.2, 0.25) is 18.6 Å². The Hall–Kier alpha value is -8.78. The summed E-state index contributed by atoms with van der Waals surface area (Å²) in [5, 5.41) is 13.4. The minimum Gasteiger partial charge on any atom is -0.491 e. The van der Waals surface area contributed by atoms with Gasteiger partial charge in [-0.05, 0) is 83.8 Å². The van der Waals surface area contributed by atoms with E-state index >= 15 is 19.2 Å². The number of imide groups is 1. The monoisotopic (exact) mass is 1100 g/mol. The van der Waals surface area contributed by atoms with E-state index in [0.717, 1.165) is 22.3 Å². The number of fused-ring (bicyclic) bond motifs is 4. The maximum atomic E-state index is 17.2. The smallest absolute Gasteiger partial charge is 0.329 e. The van der Waals surface area contributed by atoms with Crippen molar-refractivity contribution in [3.63, 3.8) is 0 Å². The fraction of sp³-hybridized carbons (Fsp3) is 0.284. The first-order valence-electron chi connectivity index (χ1n) is 28.0. The maximum absolute atomic E-state index is 17.2. The van der Waals surface area contributed by atoms with Gasteiger partial charge < -0.3 is 34.3 Å². The summed E-state index contributed by atoms with van der Waals surface area (Å²) in [5.74, 6) is 5.15. The van der Waals surface area contributed by atoms with Crippen LogP contribution < -0.4 is 24.4 Å². The number of para-hydroxylation sites is 1. The first-order chi connectivity index (χ1) is 40.1. The Bertz CT molecular complexity index is 3540. The third-order valence-electron chi connectivity index (χ3n) is 16.5. The van der Waals surface area contributed by atoms with Crippen molar-refractivity contribution < 1.29 is 43.2 Å². The van der Waals surface area contributed by atoms with E-state index in [4.69, 9.17) is 18.9 Å². The van der Waals surface area contributed by atoms with Gasteiger partial charge in [0, 0.05) is 50.4 Å².